The van der Waals surface area contributed by atoms with Crippen molar-refractivity contribution in [2.24, 2.45) is 0 Å². The molecule has 6 heteroatoms. The number of halogens is 2. The summed E-state index contributed by atoms with van der Waals surface area (Å²) in [4.78, 5) is 4.51. The van der Waals surface area contributed by atoms with Crippen molar-refractivity contribution < 1.29 is 9.47 Å². The minimum Gasteiger partial charge on any atom is -0.493 e. The number of hydrogen-bond donors (Lipinski definition) is 1. The lowest BCUT2D eigenvalue weighted by Crippen LogP contribution is -2.02. The number of pyridine rings is 1. The van der Waals surface area contributed by atoms with E-state index in [0.29, 0.717) is 39.6 Å². The number of benzene rings is 1. The Morgan fingerprint density at radius 1 is 1.14 bits per heavy atom. The van der Waals surface area contributed by atoms with E-state index in [2.05, 4.69) is 10.3 Å². The van der Waals surface area contributed by atoms with E-state index in [1.807, 2.05) is 25.1 Å². The van der Waals surface area contributed by atoms with Gasteiger partial charge in [0.25, 0.3) is 0 Å². The molecule has 112 valence electrons. The Morgan fingerprint density at radius 3 is 2.52 bits per heavy atom. The van der Waals surface area contributed by atoms with Gasteiger partial charge in [-0.15, -0.1) is 0 Å². The summed E-state index contributed by atoms with van der Waals surface area (Å²) in [6, 6.07) is 7.22. The van der Waals surface area contributed by atoms with Crippen LogP contribution in [0.4, 0.5) is 5.82 Å². The number of anilines is 1. The summed E-state index contributed by atoms with van der Waals surface area (Å²) < 4.78 is 10.7. The van der Waals surface area contributed by atoms with Crippen molar-refractivity contribution in [3.63, 3.8) is 0 Å². The Bertz CT molecular complexity index is 648. The Labute approximate surface area is 134 Å². The zero-order valence-electron chi connectivity index (χ0n) is 12.0. The fraction of sp³-hybridized carbons (Fsp3) is 0.267. The average molecular weight is 327 g/mol. The topological polar surface area (TPSA) is 43.4 Å². The highest BCUT2D eigenvalue weighted by Crippen LogP contribution is 2.41. The summed E-state index contributed by atoms with van der Waals surface area (Å²) in [5, 5.41) is 4.04. The molecule has 0 aliphatic heterocycles. The molecule has 1 heterocycles. The summed E-state index contributed by atoms with van der Waals surface area (Å²) in [7, 11) is 3.17. The van der Waals surface area contributed by atoms with Gasteiger partial charge in [-0.2, -0.15) is 0 Å². The Kier molecular flexibility index (Phi) is 5.15. The summed E-state index contributed by atoms with van der Waals surface area (Å²) in [6.45, 7) is 2.68. The SMILES string of the molecule is CCNc1nc(-c2cccc(OC)c2OC)c(Cl)cc1Cl. The van der Waals surface area contributed by atoms with E-state index in [1.54, 1.807) is 20.3 Å². The molecule has 1 N–H and O–H groups in total. The first-order valence-corrected chi connectivity index (χ1v) is 7.19. The number of rotatable bonds is 5. The van der Waals surface area contributed by atoms with Crippen LogP contribution in [0, 0.1) is 0 Å². The van der Waals surface area contributed by atoms with Crippen LogP contribution in [-0.4, -0.2) is 25.7 Å². The van der Waals surface area contributed by atoms with Gasteiger partial charge in [-0.05, 0) is 25.1 Å². The van der Waals surface area contributed by atoms with Gasteiger partial charge in [-0.1, -0.05) is 29.3 Å². The molecule has 0 atom stereocenters. The zero-order valence-corrected chi connectivity index (χ0v) is 13.5. The number of nitrogens with zero attached hydrogens (tertiary/aromatic N) is 1. The van der Waals surface area contributed by atoms with Gasteiger partial charge < -0.3 is 14.8 Å². The predicted molar refractivity (Wildman–Crippen MR) is 87.0 cm³/mol. The van der Waals surface area contributed by atoms with Crippen molar-refractivity contribution in [2.75, 3.05) is 26.1 Å². The van der Waals surface area contributed by atoms with Crippen LogP contribution in [0.1, 0.15) is 6.92 Å². The standard InChI is InChI=1S/C15H16Cl2N2O2/c1-4-18-15-11(17)8-10(16)13(19-15)9-6-5-7-12(20-2)14(9)21-3/h5-8H,4H2,1-3H3,(H,18,19). The van der Waals surface area contributed by atoms with E-state index in [0.717, 1.165) is 5.56 Å². The molecular weight excluding hydrogens is 311 g/mol. The second-order valence-electron chi connectivity index (χ2n) is 4.22. The maximum Gasteiger partial charge on any atom is 0.170 e. The van der Waals surface area contributed by atoms with Crippen molar-refractivity contribution in [3.05, 3.63) is 34.3 Å². The van der Waals surface area contributed by atoms with Crippen molar-refractivity contribution in [1.29, 1.82) is 0 Å². The van der Waals surface area contributed by atoms with Crippen molar-refractivity contribution >= 4 is 29.0 Å². The number of hydrogen-bond acceptors (Lipinski definition) is 4. The van der Waals surface area contributed by atoms with Crippen LogP contribution in [0.5, 0.6) is 11.5 Å². The molecule has 0 fully saturated rings. The number of nitrogens with one attached hydrogen (secondary N) is 1. The summed E-state index contributed by atoms with van der Waals surface area (Å²) >= 11 is 12.4. The van der Waals surface area contributed by atoms with Gasteiger partial charge >= 0.3 is 0 Å². The number of para-hydroxylation sites is 1. The monoisotopic (exact) mass is 326 g/mol. The van der Waals surface area contributed by atoms with Crippen molar-refractivity contribution in [1.82, 2.24) is 4.98 Å². The molecule has 21 heavy (non-hydrogen) atoms. The Balaban J connectivity index is 2.63. The lowest BCUT2D eigenvalue weighted by Gasteiger charge is -2.14. The van der Waals surface area contributed by atoms with Gasteiger partial charge in [-0.25, -0.2) is 4.98 Å². The molecule has 0 amide bonds. The van der Waals surface area contributed by atoms with Crippen LogP contribution in [0.25, 0.3) is 11.3 Å². The summed E-state index contributed by atoms with van der Waals surface area (Å²) in [5.41, 5.74) is 1.34. The van der Waals surface area contributed by atoms with Gasteiger partial charge in [0.1, 0.15) is 5.82 Å². The van der Waals surface area contributed by atoms with Crippen LogP contribution in [0.15, 0.2) is 24.3 Å². The van der Waals surface area contributed by atoms with Crippen molar-refractivity contribution in [3.8, 4) is 22.8 Å². The largest absolute Gasteiger partial charge is 0.493 e. The molecule has 2 aromatic rings. The first-order valence-electron chi connectivity index (χ1n) is 6.43. The van der Waals surface area contributed by atoms with Crippen LogP contribution >= 0.6 is 23.2 Å². The minimum absolute atomic E-state index is 0.452. The second kappa shape index (κ2) is 6.87. The van der Waals surface area contributed by atoms with Crippen molar-refractivity contribution in [2.45, 2.75) is 6.92 Å². The van der Waals surface area contributed by atoms with Crippen LogP contribution in [0.2, 0.25) is 10.0 Å². The highest BCUT2D eigenvalue weighted by atomic mass is 35.5. The van der Waals surface area contributed by atoms with Crippen LogP contribution in [-0.2, 0) is 0 Å². The lowest BCUT2D eigenvalue weighted by molar-refractivity contribution is 0.356. The molecule has 0 saturated carbocycles. The van der Waals surface area contributed by atoms with E-state index >= 15 is 0 Å². The fourth-order valence-corrected chi connectivity index (χ4v) is 2.55. The molecule has 0 unspecified atom stereocenters. The molecule has 0 radical (unpaired) electrons. The molecule has 0 bridgehead atoms. The minimum atomic E-state index is 0.452. The summed E-state index contributed by atoms with van der Waals surface area (Å²) in [5.74, 6) is 1.79. The Morgan fingerprint density at radius 2 is 1.90 bits per heavy atom. The van der Waals surface area contributed by atoms with Gasteiger partial charge in [0.05, 0.1) is 30.0 Å². The normalized spacial score (nSPS) is 10.3. The third kappa shape index (κ3) is 3.17. The molecule has 0 saturated heterocycles. The lowest BCUT2D eigenvalue weighted by atomic mass is 10.1. The maximum absolute atomic E-state index is 6.29. The highest BCUT2D eigenvalue weighted by Gasteiger charge is 2.17. The highest BCUT2D eigenvalue weighted by molar-refractivity contribution is 6.37. The third-order valence-electron chi connectivity index (χ3n) is 2.93. The molecule has 0 aliphatic rings. The maximum atomic E-state index is 6.29. The number of aromatic nitrogens is 1. The van der Waals surface area contributed by atoms with Gasteiger partial charge in [0.15, 0.2) is 11.5 Å². The average Bonchev–Trinajstić information content (AvgIpc) is 2.49. The number of ether oxygens (including phenoxy) is 2. The van der Waals surface area contributed by atoms with E-state index in [4.69, 9.17) is 32.7 Å². The Hall–Kier alpha value is -1.65. The molecule has 2 rings (SSSR count). The quantitative estimate of drug-likeness (QED) is 0.878. The molecule has 1 aromatic heterocycles. The van der Waals surface area contributed by atoms with E-state index in [1.165, 1.54) is 0 Å². The smallest absolute Gasteiger partial charge is 0.170 e. The van der Waals surface area contributed by atoms with Gasteiger partial charge in [0.2, 0.25) is 0 Å². The van der Waals surface area contributed by atoms with E-state index < -0.39 is 0 Å². The van der Waals surface area contributed by atoms with Gasteiger partial charge in [-0.3, -0.25) is 0 Å². The first-order chi connectivity index (χ1) is 10.1. The van der Waals surface area contributed by atoms with Crippen LogP contribution < -0.4 is 14.8 Å². The van der Waals surface area contributed by atoms with Crippen LogP contribution in [0.3, 0.4) is 0 Å². The summed E-state index contributed by atoms with van der Waals surface area (Å²) in [6.07, 6.45) is 0. The molecule has 0 aliphatic carbocycles. The fourth-order valence-electron chi connectivity index (χ4n) is 2.02. The first kappa shape index (κ1) is 15.7. The molecule has 1 aromatic carbocycles. The molecular formula is C15H16Cl2N2O2. The zero-order chi connectivity index (χ0) is 15.4. The van der Waals surface area contributed by atoms with Gasteiger partial charge in [0, 0.05) is 12.1 Å². The third-order valence-corrected chi connectivity index (χ3v) is 3.51. The molecule has 4 nitrogen and oxygen atoms in total. The predicted octanol–water partition coefficient (Wildman–Crippen LogP) is 4.50. The van der Waals surface area contributed by atoms with E-state index in [9.17, 15) is 0 Å². The molecule has 0 spiro atoms. The van der Waals surface area contributed by atoms with E-state index in [-0.39, 0.29) is 0 Å². The number of methoxy groups -OCH3 is 2. The second-order valence-corrected chi connectivity index (χ2v) is 5.04.